The van der Waals surface area contributed by atoms with Crippen molar-refractivity contribution >= 4 is 51.6 Å². The van der Waals surface area contributed by atoms with E-state index in [9.17, 15) is 8.42 Å². The van der Waals surface area contributed by atoms with Gasteiger partial charge >= 0.3 is 0 Å². The van der Waals surface area contributed by atoms with E-state index >= 15 is 0 Å². The summed E-state index contributed by atoms with van der Waals surface area (Å²) in [5.74, 6) is 0.607. The van der Waals surface area contributed by atoms with Crippen LogP contribution >= 0.6 is 35.6 Å². The van der Waals surface area contributed by atoms with Crippen LogP contribution in [0.25, 0.3) is 0 Å². The van der Waals surface area contributed by atoms with E-state index in [1.54, 1.807) is 19.2 Å². The molecule has 0 radical (unpaired) electrons. The molecular weight excluding hydrogens is 499 g/mol. The summed E-state index contributed by atoms with van der Waals surface area (Å²) < 4.78 is 26.9. The number of rotatable bonds is 7. The van der Waals surface area contributed by atoms with E-state index in [0.29, 0.717) is 24.1 Å². The van der Waals surface area contributed by atoms with Gasteiger partial charge in [0.15, 0.2) is 5.96 Å². The summed E-state index contributed by atoms with van der Waals surface area (Å²) in [5, 5.41) is 6.67. The Labute approximate surface area is 182 Å². The van der Waals surface area contributed by atoms with Crippen LogP contribution in [0, 0.1) is 6.92 Å². The summed E-state index contributed by atoms with van der Waals surface area (Å²) in [6, 6.07) is 14.2. The Morgan fingerprint density at radius 1 is 1.07 bits per heavy atom. The van der Waals surface area contributed by atoms with Crippen LogP contribution in [0.3, 0.4) is 0 Å². The van der Waals surface area contributed by atoms with Gasteiger partial charge in [0.25, 0.3) is 0 Å². The Kier molecular flexibility index (Phi) is 10.1. The summed E-state index contributed by atoms with van der Waals surface area (Å²) in [5.41, 5.74) is 2.38. The number of aryl methyl sites for hydroxylation is 1. The summed E-state index contributed by atoms with van der Waals surface area (Å²) in [6.45, 7) is 3.31. The van der Waals surface area contributed by atoms with Gasteiger partial charge in [-0.05, 0) is 36.2 Å². The predicted molar refractivity (Wildman–Crippen MR) is 121 cm³/mol. The molecule has 0 aliphatic rings. The highest BCUT2D eigenvalue weighted by Gasteiger charge is 2.13. The van der Waals surface area contributed by atoms with E-state index in [1.807, 2.05) is 12.1 Å². The first-order valence-corrected chi connectivity index (χ1v) is 10.0. The van der Waals surface area contributed by atoms with Crippen molar-refractivity contribution in [2.45, 2.75) is 18.4 Å². The smallest absolute Gasteiger partial charge is 0.240 e. The SMILES string of the molecule is CN=C(NCCNS(=O)(=O)c1cccc(Cl)c1)NCc1ccccc1C.I. The van der Waals surface area contributed by atoms with Gasteiger partial charge in [0.05, 0.1) is 4.90 Å². The molecule has 0 aromatic heterocycles. The average molecular weight is 523 g/mol. The number of halogens is 2. The highest BCUT2D eigenvalue weighted by Crippen LogP contribution is 2.14. The molecule has 0 spiro atoms. The van der Waals surface area contributed by atoms with Gasteiger partial charge in [-0.1, -0.05) is 41.9 Å². The van der Waals surface area contributed by atoms with Gasteiger partial charge in [0, 0.05) is 31.7 Å². The van der Waals surface area contributed by atoms with E-state index in [0.717, 1.165) is 0 Å². The fourth-order valence-corrected chi connectivity index (χ4v) is 3.62. The molecule has 0 saturated heterocycles. The van der Waals surface area contributed by atoms with Crippen molar-refractivity contribution in [3.05, 3.63) is 64.7 Å². The number of sulfonamides is 1. The topological polar surface area (TPSA) is 82.6 Å². The molecule has 0 unspecified atom stereocenters. The van der Waals surface area contributed by atoms with Crippen molar-refractivity contribution < 1.29 is 8.42 Å². The Morgan fingerprint density at radius 3 is 2.48 bits per heavy atom. The number of guanidine groups is 1. The van der Waals surface area contributed by atoms with Crippen LogP contribution in [0.15, 0.2) is 58.4 Å². The number of benzene rings is 2. The van der Waals surface area contributed by atoms with E-state index in [-0.39, 0.29) is 35.4 Å². The molecule has 0 bridgehead atoms. The molecule has 2 aromatic carbocycles. The van der Waals surface area contributed by atoms with Gasteiger partial charge in [-0.15, -0.1) is 24.0 Å². The monoisotopic (exact) mass is 522 g/mol. The van der Waals surface area contributed by atoms with E-state index in [1.165, 1.54) is 23.3 Å². The maximum absolute atomic E-state index is 12.2. The van der Waals surface area contributed by atoms with Gasteiger partial charge in [-0.3, -0.25) is 4.99 Å². The van der Waals surface area contributed by atoms with Crippen LogP contribution < -0.4 is 15.4 Å². The number of nitrogens with one attached hydrogen (secondary N) is 3. The first-order chi connectivity index (χ1) is 12.4. The van der Waals surface area contributed by atoms with Crippen molar-refractivity contribution in [3.63, 3.8) is 0 Å². The first kappa shape index (κ1) is 23.7. The second-order valence-corrected chi connectivity index (χ2v) is 7.84. The van der Waals surface area contributed by atoms with Crippen LogP contribution in [-0.2, 0) is 16.6 Å². The zero-order valence-electron chi connectivity index (χ0n) is 15.2. The maximum atomic E-state index is 12.2. The molecule has 6 nitrogen and oxygen atoms in total. The second-order valence-electron chi connectivity index (χ2n) is 5.63. The van der Waals surface area contributed by atoms with E-state index < -0.39 is 10.0 Å². The fraction of sp³-hybridized carbons (Fsp3) is 0.278. The van der Waals surface area contributed by atoms with Crippen molar-refractivity contribution in [3.8, 4) is 0 Å². The molecule has 2 rings (SSSR count). The molecule has 0 fully saturated rings. The average Bonchev–Trinajstić information content (AvgIpc) is 2.62. The normalized spacial score (nSPS) is 11.6. The van der Waals surface area contributed by atoms with Crippen molar-refractivity contribution in [1.29, 1.82) is 0 Å². The Morgan fingerprint density at radius 2 is 1.81 bits per heavy atom. The lowest BCUT2D eigenvalue weighted by Gasteiger charge is -2.13. The summed E-state index contributed by atoms with van der Waals surface area (Å²) in [7, 11) is -1.91. The quantitative estimate of drug-likeness (QED) is 0.226. The first-order valence-electron chi connectivity index (χ1n) is 8.16. The standard InChI is InChI=1S/C18H23ClN4O2S.HI/c1-14-6-3-4-7-15(14)13-22-18(20-2)21-10-11-23-26(24,25)17-9-5-8-16(19)12-17;/h3-9,12,23H,10-11,13H2,1-2H3,(H2,20,21,22);1H. The summed E-state index contributed by atoms with van der Waals surface area (Å²) >= 11 is 5.84. The zero-order chi connectivity index (χ0) is 19.0. The van der Waals surface area contributed by atoms with Gasteiger partial charge in [0.1, 0.15) is 0 Å². The molecule has 148 valence electrons. The third-order valence-corrected chi connectivity index (χ3v) is 5.44. The molecule has 0 atom stereocenters. The Balaban J connectivity index is 0.00000364. The lowest BCUT2D eigenvalue weighted by atomic mass is 10.1. The van der Waals surface area contributed by atoms with Crippen LogP contribution in [0.2, 0.25) is 5.02 Å². The maximum Gasteiger partial charge on any atom is 0.240 e. The number of aliphatic imine (C=N–C) groups is 1. The largest absolute Gasteiger partial charge is 0.355 e. The van der Waals surface area contributed by atoms with Crippen LogP contribution in [0.1, 0.15) is 11.1 Å². The van der Waals surface area contributed by atoms with Gasteiger partial charge in [0.2, 0.25) is 10.0 Å². The molecular formula is C18H24ClIN4O2S. The van der Waals surface area contributed by atoms with Gasteiger partial charge in [-0.2, -0.15) is 0 Å². The minimum Gasteiger partial charge on any atom is -0.355 e. The molecule has 0 aliphatic carbocycles. The highest BCUT2D eigenvalue weighted by molar-refractivity contribution is 14.0. The minimum atomic E-state index is -3.58. The summed E-state index contributed by atoms with van der Waals surface area (Å²) in [6.07, 6.45) is 0. The van der Waals surface area contributed by atoms with Crippen LogP contribution in [-0.4, -0.2) is 34.5 Å². The molecule has 2 aromatic rings. The molecule has 0 amide bonds. The Bertz CT molecular complexity index is 875. The third kappa shape index (κ3) is 7.65. The summed E-state index contributed by atoms with van der Waals surface area (Å²) in [4.78, 5) is 4.28. The molecule has 9 heteroatoms. The van der Waals surface area contributed by atoms with Crippen LogP contribution in [0.5, 0.6) is 0 Å². The molecule has 3 N–H and O–H groups in total. The highest BCUT2D eigenvalue weighted by atomic mass is 127. The van der Waals surface area contributed by atoms with Crippen molar-refractivity contribution in [2.75, 3.05) is 20.1 Å². The molecule has 0 aliphatic heterocycles. The van der Waals surface area contributed by atoms with Crippen molar-refractivity contribution in [1.82, 2.24) is 15.4 Å². The van der Waals surface area contributed by atoms with E-state index in [2.05, 4.69) is 39.4 Å². The Hall–Kier alpha value is -1.36. The minimum absolute atomic E-state index is 0. The number of nitrogens with zero attached hydrogens (tertiary/aromatic N) is 1. The van der Waals surface area contributed by atoms with Gasteiger partial charge in [-0.25, -0.2) is 13.1 Å². The van der Waals surface area contributed by atoms with Gasteiger partial charge < -0.3 is 10.6 Å². The van der Waals surface area contributed by atoms with Crippen molar-refractivity contribution in [2.24, 2.45) is 4.99 Å². The number of hydrogen-bond donors (Lipinski definition) is 3. The fourth-order valence-electron chi connectivity index (χ4n) is 2.29. The lowest BCUT2D eigenvalue weighted by Crippen LogP contribution is -2.41. The second kappa shape index (κ2) is 11.5. The zero-order valence-corrected chi connectivity index (χ0v) is 19.1. The molecule has 27 heavy (non-hydrogen) atoms. The number of hydrogen-bond acceptors (Lipinski definition) is 3. The van der Waals surface area contributed by atoms with E-state index in [4.69, 9.17) is 11.6 Å². The lowest BCUT2D eigenvalue weighted by molar-refractivity contribution is 0.580. The molecule has 0 saturated carbocycles. The van der Waals surface area contributed by atoms with Crippen LogP contribution in [0.4, 0.5) is 0 Å². The molecule has 0 heterocycles. The predicted octanol–water partition coefficient (Wildman–Crippen LogP) is 2.91. The third-order valence-electron chi connectivity index (χ3n) is 3.75.